The van der Waals surface area contributed by atoms with Crippen LogP contribution in [-0.4, -0.2) is 26.7 Å². The van der Waals surface area contributed by atoms with Crippen molar-refractivity contribution in [2.24, 2.45) is 17.8 Å². The number of aliphatic imine (C=N–C) groups is 1. The predicted octanol–water partition coefficient (Wildman–Crippen LogP) is 3.29. The van der Waals surface area contributed by atoms with Crippen LogP contribution < -0.4 is 16.8 Å². The molecule has 0 fully saturated rings. The molecule has 32 heavy (non-hydrogen) atoms. The Morgan fingerprint density at radius 1 is 1.25 bits per heavy atom. The number of pyridine rings is 1. The van der Waals surface area contributed by atoms with Gasteiger partial charge in [-0.3, -0.25) is 0 Å². The molecule has 3 N–H and O–H groups in total. The summed E-state index contributed by atoms with van der Waals surface area (Å²) in [6.45, 7) is -0.203. The number of hydrogen-bond donors (Lipinski definition) is 2. The lowest BCUT2D eigenvalue weighted by Gasteiger charge is -2.09. The molecule has 2 heterocycles. The van der Waals surface area contributed by atoms with Crippen LogP contribution in [0.4, 0.5) is 33.5 Å². The average Bonchev–Trinajstić information content (AvgIpc) is 3.06. The normalized spacial score (nSPS) is 12.8. The molecule has 0 bridgehead atoms. The maximum Gasteiger partial charge on any atom is 0.437 e. The summed E-state index contributed by atoms with van der Waals surface area (Å²) in [4.78, 5) is 18.5. The fourth-order valence-electron chi connectivity index (χ4n) is 2.42. The number of nitrogens with two attached hydrogens (primary N) is 1. The lowest BCUT2D eigenvalue weighted by molar-refractivity contribution is -0.0576. The van der Waals surface area contributed by atoms with Crippen molar-refractivity contribution in [2.45, 2.75) is 12.7 Å². The van der Waals surface area contributed by atoms with Gasteiger partial charge in [-0.15, -0.1) is 5.10 Å². The van der Waals surface area contributed by atoms with Gasteiger partial charge in [-0.2, -0.15) is 17.9 Å². The average molecular weight is 454 g/mol. The maximum absolute atomic E-state index is 13.7. The van der Waals surface area contributed by atoms with Gasteiger partial charge in [0.25, 0.3) is 5.89 Å². The second kappa shape index (κ2) is 8.99. The summed E-state index contributed by atoms with van der Waals surface area (Å²) in [7, 11) is 1.24. The molecule has 1 aromatic carbocycles. The number of nitrogens with one attached hydrogen (secondary N) is 1. The Balaban J connectivity index is 1.81. The van der Waals surface area contributed by atoms with E-state index in [1.807, 2.05) is 0 Å². The van der Waals surface area contributed by atoms with Crippen molar-refractivity contribution in [3.05, 3.63) is 76.2 Å². The molecule has 3 rings (SSSR count). The van der Waals surface area contributed by atoms with E-state index in [2.05, 4.69) is 24.8 Å². The molecule has 2 aromatic heterocycles. The van der Waals surface area contributed by atoms with Crippen molar-refractivity contribution >= 4 is 22.9 Å². The molecule has 0 saturated heterocycles. The SMILES string of the molecule is Cn1nc(/C(N)=C/C(=Nc2ccc(NCc3c(F)cccc3F)cn2)C(F)(F)F)oc1=O. The Hall–Kier alpha value is -4.03. The second-order valence-corrected chi connectivity index (χ2v) is 6.35. The zero-order chi connectivity index (χ0) is 23.5. The lowest BCUT2D eigenvalue weighted by Crippen LogP contribution is -2.22. The van der Waals surface area contributed by atoms with Crippen molar-refractivity contribution in [3.63, 3.8) is 0 Å². The fraction of sp³-hybridized carbons (Fsp3) is 0.158. The van der Waals surface area contributed by atoms with Crippen molar-refractivity contribution in [3.8, 4) is 0 Å². The molecule has 3 aromatic rings. The van der Waals surface area contributed by atoms with Crippen LogP contribution in [0.15, 0.2) is 56.8 Å². The first-order valence-electron chi connectivity index (χ1n) is 8.85. The minimum Gasteiger partial charge on any atom is -0.394 e. The van der Waals surface area contributed by atoms with E-state index in [-0.39, 0.29) is 17.9 Å². The number of anilines is 1. The highest BCUT2D eigenvalue weighted by molar-refractivity contribution is 6.04. The van der Waals surface area contributed by atoms with Gasteiger partial charge in [0.05, 0.1) is 17.6 Å². The van der Waals surface area contributed by atoms with Crippen LogP contribution in [0.2, 0.25) is 0 Å². The van der Waals surface area contributed by atoms with Gasteiger partial charge in [-0.25, -0.2) is 23.6 Å². The topological polar surface area (TPSA) is 111 Å². The monoisotopic (exact) mass is 454 g/mol. The van der Waals surface area contributed by atoms with E-state index in [0.717, 1.165) is 29.1 Å². The maximum atomic E-state index is 13.7. The third-order valence-electron chi connectivity index (χ3n) is 4.03. The van der Waals surface area contributed by atoms with Gasteiger partial charge in [-0.05, 0) is 30.3 Å². The van der Waals surface area contributed by atoms with E-state index in [0.29, 0.717) is 11.8 Å². The molecule has 0 radical (unpaired) electrons. The molecule has 0 saturated carbocycles. The minimum atomic E-state index is -4.90. The molecule has 0 aliphatic heterocycles. The molecule has 0 aliphatic carbocycles. The number of aryl methyl sites for hydroxylation is 1. The van der Waals surface area contributed by atoms with E-state index >= 15 is 0 Å². The number of allylic oxidation sites excluding steroid dienone is 1. The molecule has 0 aliphatic rings. The number of rotatable bonds is 6. The van der Waals surface area contributed by atoms with Crippen molar-refractivity contribution in [2.75, 3.05) is 5.32 Å². The highest BCUT2D eigenvalue weighted by Crippen LogP contribution is 2.24. The van der Waals surface area contributed by atoms with Crippen LogP contribution in [0.1, 0.15) is 11.5 Å². The zero-order valence-electron chi connectivity index (χ0n) is 16.3. The summed E-state index contributed by atoms with van der Waals surface area (Å²) < 4.78 is 72.8. The molecular formula is C19H15F5N6O2. The Kier molecular flexibility index (Phi) is 6.37. The Labute approximate surface area is 176 Å². The molecule has 8 nitrogen and oxygen atoms in total. The highest BCUT2D eigenvalue weighted by atomic mass is 19.4. The van der Waals surface area contributed by atoms with Crippen molar-refractivity contribution < 1.29 is 26.4 Å². The van der Waals surface area contributed by atoms with Gasteiger partial charge < -0.3 is 15.5 Å². The summed E-state index contributed by atoms with van der Waals surface area (Å²) in [5.74, 6) is -3.19. The van der Waals surface area contributed by atoms with Crippen LogP contribution in [0.3, 0.4) is 0 Å². The number of alkyl halides is 3. The summed E-state index contributed by atoms with van der Waals surface area (Å²) in [6, 6.07) is 5.93. The molecule has 0 amide bonds. The third-order valence-corrected chi connectivity index (χ3v) is 4.03. The smallest absolute Gasteiger partial charge is 0.394 e. The molecular weight excluding hydrogens is 439 g/mol. The molecule has 0 spiro atoms. The van der Waals surface area contributed by atoms with Crippen LogP contribution in [0.25, 0.3) is 5.70 Å². The first kappa shape index (κ1) is 22.7. The first-order chi connectivity index (χ1) is 15.0. The molecule has 0 atom stereocenters. The summed E-state index contributed by atoms with van der Waals surface area (Å²) in [5, 5.41) is 6.28. The number of hydrogen-bond acceptors (Lipinski definition) is 7. The third kappa shape index (κ3) is 5.36. The lowest BCUT2D eigenvalue weighted by atomic mass is 10.2. The van der Waals surface area contributed by atoms with E-state index in [4.69, 9.17) is 5.73 Å². The summed E-state index contributed by atoms with van der Waals surface area (Å²) in [6.07, 6.45) is -3.29. The van der Waals surface area contributed by atoms with Crippen LogP contribution in [0, 0.1) is 11.6 Å². The van der Waals surface area contributed by atoms with Crippen LogP contribution in [-0.2, 0) is 13.6 Å². The van der Waals surface area contributed by atoms with Gasteiger partial charge in [0.15, 0.2) is 5.82 Å². The van der Waals surface area contributed by atoms with Crippen LogP contribution >= 0.6 is 0 Å². The van der Waals surface area contributed by atoms with E-state index in [1.54, 1.807) is 0 Å². The van der Waals surface area contributed by atoms with E-state index in [9.17, 15) is 26.7 Å². The second-order valence-electron chi connectivity index (χ2n) is 6.35. The van der Waals surface area contributed by atoms with Crippen molar-refractivity contribution in [1.29, 1.82) is 0 Å². The quantitative estimate of drug-likeness (QED) is 0.437. The standard InChI is InChI=1S/C19H15F5N6O2/c1-30-18(31)32-17(29-30)14(25)7-15(19(22,23)24)28-16-6-5-10(8-27-16)26-9-11-12(20)3-2-4-13(11)21/h2-8,26H,9,25H2,1H3/b14-7-,28-15?. The van der Waals surface area contributed by atoms with Crippen molar-refractivity contribution in [1.82, 2.24) is 14.8 Å². The number of nitrogens with zero attached hydrogens (tertiary/aromatic N) is 4. The fourth-order valence-corrected chi connectivity index (χ4v) is 2.42. The Morgan fingerprint density at radius 3 is 2.47 bits per heavy atom. The number of benzene rings is 1. The summed E-state index contributed by atoms with van der Waals surface area (Å²) in [5.41, 5.74) is 3.67. The van der Waals surface area contributed by atoms with E-state index in [1.165, 1.54) is 19.2 Å². The van der Waals surface area contributed by atoms with Gasteiger partial charge in [0, 0.05) is 19.2 Å². The molecule has 13 heteroatoms. The highest BCUT2D eigenvalue weighted by Gasteiger charge is 2.35. The minimum absolute atomic E-state index is 0.198. The Bertz CT molecular complexity index is 1210. The zero-order valence-corrected chi connectivity index (χ0v) is 16.3. The van der Waals surface area contributed by atoms with Crippen LogP contribution in [0.5, 0.6) is 0 Å². The van der Waals surface area contributed by atoms with Gasteiger partial charge >= 0.3 is 11.9 Å². The van der Waals surface area contributed by atoms with Gasteiger partial charge in [-0.1, -0.05) is 6.07 Å². The molecule has 0 unspecified atom stereocenters. The Morgan fingerprint density at radius 2 is 1.94 bits per heavy atom. The first-order valence-corrected chi connectivity index (χ1v) is 8.85. The van der Waals surface area contributed by atoms with Gasteiger partial charge in [0.2, 0.25) is 0 Å². The van der Waals surface area contributed by atoms with E-state index < -0.39 is 40.9 Å². The number of aromatic nitrogens is 3. The number of halogens is 5. The van der Waals surface area contributed by atoms with Gasteiger partial charge in [0.1, 0.15) is 17.3 Å². The predicted molar refractivity (Wildman–Crippen MR) is 105 cm³/mol. The molecule has 168 valence electrons. The summed E-state index contributed by atoms with van der Waals surface area (Å²) >= 11 is 0. The largest absolute Gasteiger partial charge is 0.437 e.